The molecule has 0 saturated carbocycles. The van der Waals surface area contributed by atoms with Gasteiger partial charge < -0.3 is 10.6 Å². The molecule has 0 spiro atoms. The van der Waals surface area contributed by atoms with Crippen LogP contribution in [-0.4, -0.2) is 17.6 Å². The Morgan fingerprint density at radius 2 is 1.45 bits per heavy atom. The molecule has 2 amide bonds. The molecule has 0 aliphatic rings. The molecule has 0 aliphatic heterocycles. The fraction of sp³-hybridized carbons (Fsp3) is 0.0312. The van der Waals surface area contributed by atoms with Crippen molar-refractivity contribution in [1.82, 2.24) is 5.32 Å². The molecular weight excluding hydrogens is 496 g/mol. The van der Waals surface area contributed by atoms with E-state index in [0.717, 1.165) is 16.7 Å². The summed E-state index contributed by atoms with van der Waals surface area (Å²) in [5, 5.41) is 6.15. The van der Waals surface area contributed by atoms with Crippen LogP contribution in [0.3, 0.4) is 0 Å². The van der Waals surface area contributed by atoms with Gasteiger partial charge in [-0.05, 0) is 78.7 Å². The van der Waals surface area contributed by atoms with Gasteiger partial charge in [-0.3, -0.25) is 14.4 Å². The van der Waals surface area contributed by atoms with Crippen molar-refractivity contribution < 1.29 is 14.4 Å². The number of carbonyl (C=O) groups is 3. The fourth-order valence-electron chi connectivity index (χ4n) is 3.63. The standard InChI is InChI=1S/C32H25ClN2O3/c1-22-6-5-7-24(20-22)21-29(35-31(37)26-8-3-2-4-9-26)32(38)34-28-17-13-25(14-18-28)30(36)19-12-23-10-15-27(33)16-11-23/h2-21H,1H3,(H,34,38)(H,35,37)/b19-12+,29-21-. The van der Waals surface area contributed by atoms with Gasteiger partial charge in [0, 0.05) is 21.8 Å². The second kappa shape index (κ2) is 12.5. The van der Waals surface area contributed by atoms with Gasteiger partial charge in [0.1, 0.15) is 5.70 Å². The van der Waals surface area contributed by atoms with E-state index in [1.165, 1.54) is 6.08 Å². The van der Waals surface area contributed by atoms with E-state index < -0.39 is 11.8 Å². The number of allylic oxidation sites excluding steroid dienone is 1. The molecule has 0 unspecified atom stereocenters. The molecule has 5 nitrogen and oxygen atoms in total. The smallest absolute Gasteiger partial charge is 0.272 e. The first-order valence-electron chi connectivity index (χ1n) is 11.9. The Hall–Kier alpha value is -4.74. The van der Waals surface area contributed by atoms with Gasteiger partial charge in [0.05, 0.1) is 0 Å². The Bertz CT molecular complexity index is 1510. The van der Waals surface area contributed by atoms with Crippen molar-refractivity contribution >= 4 is 47.0 Å². The minimum absolute atomic E-state index is 0.0931. The molecule has 0 aliphatic carbocycles. The Morgan fingerprint density at radius 1 is 0.737 bits per heavy atom. The van der Waals surface area contributed by atoms with Crippen LogP contribution in [0.1, 0.15) is 37.4 Å². The summed E-state index contributed by atoms with van der Waals surface area (Å²) in [4.78, 5) is 38.5. The number of carbonyl (C=O) groups excluding carboxylic acids is 3. The first-order chi connectivity index (χ1) is 18.4. The van der Waals surface area contributed by atoms with E-state index in [4.69, 9.17) is 11.6 Å². The van der Waals surface area contributed by atoms with Crippen LogP contribution in [-0.2, 0) is 4.79 Å². The SMILES string of the molecule is Cc1cccc(/C=C(\NC(=O)c2ccccc2)C(=O)Nc2ccc(C(=O)/C=C/c3ccc(Cl)cc3)cc2)c1. The van der Waals surface area contributed by atoms with Crippen molar-refractivity contribution in [3.05, 3.63) is 148 Å². The molecule has 0 fully saturated rings. The van der Waals surface area contributed by atoms with Crippen LogP contribution in [0.2, 0.25) is 5.02 Å². The molecule has 38 heavy (non-hydrogen) atoms. The van der Waals surface area contributed by atoms with Gasteiger partial charge >= 0.3 is 0 Å². The molecule has 0 aromatic heterocycles. The second-order valence-corrected chi connectivity index (χ2v) is 9.01. The minimum atomic E-state index is -0.488. The summed E-state index contributed by atoms with van der Waals surface area (Å²) in [6.07, 6.45) is 4.83. The maximum Gasteiger partial charge on any atom is 0.272 e. The van der Waals surface area contributed by atoms with Crippen molar-refractivity contribution in [3.8, 4) is 0 Å². The Morgan fingerprint density at radius 3 is 2.13 bits per heavy atom. The van der Waals surface area contributed by atoms with E-state index in [2.05, 4.69) is 10.6 Å². The van der Waals surface area contributed by atoms with Crippen LogP contribution < -0.4 is 10.6 Å². The number of anilines is 1. The van der Waals surface area contributed by atoms with Crippen molar-refractivity contribution in [2.45, 2.75) is 6.92 Å². The molecule has 0 bridgehead atoms. The Balaban J connectivity index is 1.49. The minimum Gasteiger partial charge on any atom is -0.321 e. The van der Waals surface area contributed by atoms with Crippen LogP contribution in [0.15, 0.2) is 115 Å². The third-order valence-electron chi connectivity index (χ3n) is 5.61. The average Bonchev–Trinajstić information content (AvgIpc) is 2.93. The lowest BCUT2D eigenvalue weighted by Gasteiger charge is -2.12. The lowest BCUT2D eigenvalue weighted by molar-refractivity contribution is -0.113. The summed E-state index contributed by atoms with van der Waals surface area (Å²) >= 11 is 5.89. The molecule has 188 valence electrons. The second-order valence-electron chi connectivity index (χ2n) is 8.57. The lowest BCUT2D eigenvalue weighted by atomic mass is 10.1. The van der Waals surface area contributed by atoms with Crippen molar-refractivity contribution in [2.24, 2.45) is 0 Å². The summed E-state index contributed by atoms with van der Waals surface area (Å²) < 4.78 is 0. The molecule has 6 heteroatoms. The average molecular weight is 521 g/mol. The van der Waals surface area contributed by atoms with E-state index in [1.807, 2.05) is 49.4 Å². The van der Waals surface area contributed by atoms with Gasteiger partial charge in [0.15, 0.2) is 5.78 Å². The van der Waals surface area contributed by atoms with E-state index in [-0.39, 0.29) is 11.5 Å². The quantitative estimate of drug-likeness (QED) is 0.195. The van der Waals surface area contributed by atoms with E-state index in [1.54, 1.807) is 72.8 Å². The molecule has 4 aromatic carbocycles. The number of amides is 2. The molecule has 0 heterocycles. The zero-order valence-electron chi connectivity index (χ0n) is 20.6. The van der Waals surface area contributed by atoms with Gasteiger partial charge in [-0.2, -0.15) is 0 Å². The number of ketones is 1. The fourth-order valence-corrected chi connectivity index (χ4v) is 3.75. The van der Waals surface area contributed by atoms with Gasteiger partial charge in [0.2, 0.25) is 0 Å². The van der Waals surface area contributed by atoms with Crippen LogP contribution >= 0.6 is 11.6 Å². The number of benzene rings is 4. The van der Waals surface area contributed by atoms with Crippen molar-refractivity contribution in [3.63, 3.8) is 0 Å². The highest BCUT2D eigenvalue weighted by Crippen LogP contribution is 2.15. The molecular formula is C32H25ClN2O3. The number of hydrogen-bond donors (Lipinski definition) is 2. The maximum absolute atomic E-state index is 13.2. The van der Waals surface area contributed by atoms with E-state index >= 15 is 0 Å². The Labute approximate surface area is 226 Å². The summed E-state index contributed by atoms with van der Waals surface area (Å²) in [6, 6.07) is 30.0. The zero-order valence-corrected chi connectivity index (χ0v) is 21.4. The number of hydrogen-bond acceptors (Lipinski definition) is 3. The highest BCUT2D eigenvalue weighted by molar-refractivity contribution is 6.30. The molecule has 0 atom stereocenters. The topological polar surface area (TPSA) is 75.3 Å². The number of rotatable bonds is 8. The van der Waals surface area contributed by atoms with Crippen LogP contribution in [0, 0.1) is 6.92 Å². The Kier molecular flexibility index (Phi) is 8.65. The first-order valence-corrected chi connectivity index (χ1v) is 12.3. The van der Waals surface area contributed by atoms with Gasteiger partial charge in [-0.1, -0.05) is 77.8 Å². The molecule has 0 radical (unpaired) electrons. The maximum atomic E-state index is 13.2. The third-order valence-corrected chi connectivity index (χ3v) is 5.86. The van der Waals surface area contributed by atoms with Crippen LogP contribution in [0.4, 0.5) is 5.69 Å². The predicted molar refractivity (Wildman–Crippen MR) is 153 cm³/mol. The van der Waals surface area contributed by atoms with Crippen molar-refractivity contribution in [2.75, 3.05) is 5.32 Å². The summed E-state index contributed by atoms with van der Waals surface area (Å²) in [7, 11) is 0. The summed E-state index contributed by atoms with van der Waals surface area (Å²) in [6.45, 7) is 1.95. The van der Waals surface area contributed by atoms with Crippen molar-refractivity contribution in [1.29, 1.82) is 0 Å². The van der Waals surface area contributed by atoms with Gasteiger partial charge in [-0.25, -0.2) is 0 Å². The predicted octanol–water partition coefficient (Wildman–Crippen LogP) is 6.95. The molecule has 4 rings (SSSR count). The van der Waals surface area contributed by atoms with Gasteiger partial charge in [-0.15, -0.1) is 0 Å². The number of halogens is 1. The highest BCUT2D eigenvalue weighted by Gasteiger charge is 2.15. The highest BCUT2D eigenvalue weighted by atomic mass is 35.5. The summed E-state index contributed by atoms with van der Waals surface area (Å²) in [5.41, 5.74) is 4.14. The monoisotopic (exact) mass is 520 g/mol. The lowest BCUT2D eigenvalue weighted by Crippen LogP contribution is -2.30. The van der Waals surface area contributed by atoms with Crippen LogP contribution in [0.25, 0.3) is 12.2 Å². The van der Waals surface area contributed by atoms with E-state index in [9.17, 15) is 14.4 Å². The number of nitrogens with one attached hydrogen (secondary N) is 2. The first kappa shape index (κ1) is 26.3. The van der Waals surface area contributed by atoms with E-state index in [0.29, 0.717) is 21.8 Å². The van der Waals surface area contributed by atoms with Crippen LogP contribution in [0.5, 0.6) is 0 Å². The normalized spacial score (nSPS) is 11.3. The third kappa shape index (κ3) is 7.38. The zero-order chi connectivity index (χ0) is 26.9. The summed E-state index contributed by atoms with van der Waals surface area (Å²) in [5.74, 6) is -1.06. The number of aryl methyl sites for hydroxylation is 1. The molecule has 4 aromatic rings. The molecule has 0 saturated heterocycles. The molecule has 2 N–H and O–H groups in total. The van der Waals surface area contributed by atoms with Gasteiger partial charge in [0.25, 0.3) is 11.8 Å². The largest absolute Gasteiger partial charge is 0.321 e.